The first-order valence-corrected chi connectivity index (χ1v) is 15.8. The van der Waals surface area contributed by atoms with E-state index in [4.69, 9.17) is 20.1 Å². The van der Waals surface area contributed by atoms with Gasteiger partial charge in [-0.1, -0.05) is 42.8 Å². The number of amides is 1. The molecular formula is C33H43N7O3. The van der Waals surface area contributed by atoms with Crippen molar-refractivity contribution < 1.29 is 14.6 Å². The van der Waals surface area contributed by atoms with E-state index in [9.17, 15) is 9.90 Å². The van der Waals surface area contributed by atoms with Crippen LogP contribution >= 0.6 is 0 Å². The summed E-state index contributed by atoms with van der Waals surface area (Å²) in [7, 11) is 0. The van der Waals surface area contributed by atoms with Gasteiger partial charge in [-0.15, -0.1) is 6.58 Å². The first kappa shape index (κ1) is 29.3. The number of nitrogens with one attached hydrogen (secondary N) is 3. The molecule has 6 rings (SSSR count). The smallest absolute Gasteiger partial charge is 0.410 e. The van der Waals surface area contributed by atoms with E-state index in [-0.39, 0.29) is 29.5 Å². The summed E-state index contributed by atoms with van der Waals surface area (Å²) in [4.78, 5) is 26.1. The number of carboxylic acid groups (broad SMARTS) is 1. The van der Waals surface area contributed by atoms with Crippen molar-refractivity contribution in [1.82, 2.24) is 24.8 Å². The van der Waals surface area contributed by atoms with Crippen LogP contribution in [-0.4, -0.2) is 55.8 Å². The van der Waals surface area contributed by atoms with Gasteiger partial charge >= 0.3 is 6.09 Å². The number of rotatable bonds is 9. The van der Waals surface area contributed by atoms with Gasteiger partial charge in [0, 0.05) is 31.0 Å². The van der Waals surface area contributed by atoms with Crippen molar-refractivity contribution in [1.29, 1.82) is 5.41 Å². The van der Waals surface area contributed by atoms with Gasteiger partial charge in [-0.3, -0.25) is 10.7 Å². The third-order valence-electron chi connectivity index (χ3n) is 9.89. The van der Waals surface area contributed by atoms with Gasteiger partial charge < -0.3 is 19.7 Å². The lowest BCUT2D eigenvalue weighted by Crippen LogP contribution is -2.33. The Labute approximate surface area is 252 Å². The van der Waals surface area contributed by atoms with Crippen molar-refractivity contribution in [3.8, 4) is 0 Å². The average Bonchev–Trinajstić information content (AvgIpc) is 3.35. The maximum atomic E-state index is 11.4. The van der Waals surface area contributed by atoms with Gasteiger partial charge in [-0.25, -0.2) is 19.7 Å². The molecule has 1 aromatic carbocycles. The summed E-state index contributed by atoms with van der Waals surface area (Å²) in [5, 5.41) is 23.5. The van der Waals surface area contributed by atoms with Crippen molar-refractivity contribution in [2.45, 2.75) is 82.7 Å². The molecule has 2 aliphatic carbocycles. The molecule has 1 aliphatic heterocycles. The molecule has 228 valence electrons. The Hall–Kier alpha value is -3.79. The van der Waals surface area contributed by atoms with Crippen LogP contribution in [0.2, 0.25) is 0 Å². The fourth-order valence-electron chi connectivity index (χ4n) is 7.11. The van der Waals surface area contributed by atoms with Crippen LogP contribution in [0.25, 0.3) is 11.2 Å². The summed E-state index contributed by atoms with van der Waals surface area (Å²) in [6, 6.07) is 10.7. The Morgan fingerprint density at radius 2 is 1.88 bits per heavy atom. The van der Waals surface area contributed by atoms with Crippen LogP contribution in [0.4, 0.5) is 10.6 Å². The van der Waals surface area contributed by atoms with Crippen LogP contribution in [0.1, 0.15) is 87.3 Å². The van der Waals surface area contributed by atoms with Gasteiger partial charge in [-0.05, 0) is 75.2 Å². The first-order chi connectivity index (χ1) is 20.9. The standard InChI is InChI=1S/C33H43N7O3/c1-3-21-12-14-22(15-13-21)18-40-27-29(35-20(2)23-10-7-11-23)37-31(28(34)36-33(41)42)38-30(27)39-32(40)25-16-17-43-19-26(25)24-8-5-4-6-9-24/h3-6,8-9,20-23,25-26H,1,7,10-19H2,2H3,(H2,34,36)(H,41,42)(H,35,37,38)/t20-,21-,22-,25?,26?/m1/s1. The molecule has 10 nitrogen and oxygen atoms in total. The number of carbonyl (C=O) groups is 1. The van der Waals surface area contributed by atoms with Gasteiger partial charge in [0.05, 0.1) is 6.61 Å². The molecule has 3 atom stereocenters. The van der Waals surface area contributed by atoms with Crippen molar-refractivity contribution in [3.63, 3.8) is 0 Å². The molecule has 2 aromatic heterocycles. The zero-order valence-electron chi connectivity index (χ0n) is 25.0. The number of anilines is 1. The van der Waals surface area contributed by atoms with Crippen molar-refractivity contribution in [3.05, 3.63) is 60.2 Å². The number of amidine groups is 1. The average molecular weight is 586 g/mol. The molecule has 2 saturated carbocycles. The van der Waals surface area contributed by atoms with Crippen molar-refractivity contribution >= 4 is 28.9 Å². The number of ether oxygens (including phenoxy) is 1. The molecule has 4 N–H and O–H groups in total. The van der Waals surface area contributed by atoms with Gasteiger partial charge in [0.1, 0.15) is 11.3 Å². The summed E-state index contributed by atoms with van der Waals surface area (Å²) in [6.45, 7) is 8.31. The lowest BCUT2D eigenvalue weighted by atomic mass is 9.80. The molecule has 3 heterocycles. The number of hydrogen-bond donors (Lipinski definition) is 4. The molecule has 10 heteroatoms. The molecule has 3 fully saturated rings. The van der Waals surface area contributed by atoms with E-state index in [1.165, 1.54) is 24.8 Å². The predicted molar refractivity (Wildman–Crippen MR) is 167 cm³/mol. The summed E-state index contributed by atoms with van der Waals surface area (Å²) in [6.07, 6.45) is 9.72. The second kappa shape index (κ2) is 12.8. The molecule has 1 saturated heterocycles. The van der Waals surface area contributed by atoms with Crippen molar-refractivity contribution in [2.75, 3.05) is 18.5 Å². The fourth-order valence-corrected chi connectivity index (χ4v) is 7.11. The Kier molecular flexibility index (Phi) is 8.74. The number of imidazole rings is 1. The third kappa shape index (κ3) is 6.30. The lowest BCUT2D eigenvalue weighted by molar-refractivity contribution is 0.0647. The second-order valence-corrected chi connectivity index (χ2v) is 12.6. The van der Waals surface area contributed by atoms with Crippen LogP contribution in [0.5, 0.6) is 0 Å². The summed E-state index contributed by atoms with van der Waals surface area (Å²) in [5.41, 5.74) is 2.57. The monoisotopic (exact) mass is 585 g/mol. The Bertz CT molecular complexity index is 1460. The minimum atomic E-state index is -1.32. The van der Waals surface area contributed by atoms with E-state index in [0.717, 1.165) is 50.0 Å². The van der Waals surface area contributed by atoms with Crippen LogP contribution in [0.3, 0.4) is 0 Å². The number of aromatic nitrogens is 4. The van der Waals surface area contributed by atoms with Crippen LogP contribution in [0.15, 0.2) is 43.0 Å². The highest BCUT2D eigenvalue weighted by molar-refractivity contribution is 6.03. The van der Waals surface area contributed by atoms with E-state index in [1.54, 1.807) is 0 Å². The van der Waals surface area contributed by atoms with Crippen LogP contribution in [-0.2, 0) is 11.3 Å². The zero-order chi connectivity index (χ0) is 29.9. The minimum Gasteiger partial charge on any atom is -0.465 e. The van der Waals surface area contributed by atoms with Gasteiger partial charge in [0.25, 0.3) is 0 Å². The number of nitrogens with zero attached hydrogens (tertiary/aromatic N) is 4. The molecule has 43 heavy (non-hydrogen) atoms. The van der Waals surface area contributed by atoms with E-state index in [1.807, 2.05) is 6.07 Å². The largest absolute Gasteiger partial charge is 0.465 e. The molecular weight excluding hydrogens is 542 g/mol. The summed E-state index contributed by atoms with van der Waals surface area (Å²) in [5.74, 6) is 3.14. The van der Waals surface area contributed by atoms with E-state index >= 15 is 0 Å². The Balaban J connectivity index is 1.48. The number of fused-ring (bicyclic) bond motifs is 1. The topological polar surface area (TPSA) is 138 Å². The van der Waals surface area contributed by atoms with Crippen LogP contribution < -0.4 is 10.6 Å². The maximum Gasteiger partial charge on any atom is 0.410 e. The lowest BCUT2D eigenvalue weighted by Gasteiger charge is -2.34. The van der Waals surface area contributed by atoms with Crippen molar-refractivity contribution in [2.24, 2.45) is 17.8 Å². The van der Waals surface area contributed by atoms with Gasteiger partial charge in [-0.2, -0.15) is 0 Å². The fraction of sp³-hybridized carbons (Fsp3) is 0.545. The summed E-state index contributed by atoms with van der Waals surface area (Å²) < 4.78 is 8.36. The third-order valence-corrected chi connectivity index (χ3v) is 9.89. The summed E-state index contributed by atoms with van der Waals surface area (Å²) >= 11 is 0. The molecule has 0 radical (unpaired) electrons. The zero-order valence-corrected chi connectivity index (χ0v) is 25.0. The van der Waals surface area contributed by atoms with E-state index in [2.05, 4.69) is 64.0 Å². The van der Waals surface area contributed by atoms with E-state index < -0.39 is 6.09 Å². The number of allylic oxidation sites excluding steroid dienone is 1. The molecule has 1 amide bonds. The molecule has 0 spiro atoms. The normalized spacial score (nSPS) is 25.0. The van der Waals surface area contributed by atoms with Gasteiger partial charge in [0.15, 0.2) is 23.1 Å². The quantitative estimate of drug-likeness (QED) is 0.131. The van der Waals surface area contributed by atoms with Crippen LogP contribution in [0, 0.1) is 23.2 Å². The molecule has 3 aliphatic rings. The Morgan fingerprint density at radius 1 is 1.12 bits per heavy atom. The van der Waals surface area contributed by atoms with E-state index in [0.29, 0.717) is 42.4 Å². The molecule has 2 unspecified atom stereocenters. The predicted octanol–water partition coefficient (Wildman–Crippen LogP) is 6.30. The number of benzene rings is 1. The Morgan fingerprint density at radius 3 is 2.56 bits per heavy atom. The number of hydrogen-bond acceptors (Lipinski definition) is 7. The SMILES string of the molecule is C=C[C@H]1CC[C@H](Cn2c(C3CCOCC3c3ccccc3)nc3nc(C(=N)NC(=O)O)nc(N[C@H](C)C4CCC4)c32)CC1. The minimum absolute atomic E-state index is 0.0208. The second-order valence-electron chi connectivity index (χ2n) is 12.6. The first-order valence-electron chi connectivity index (χ1n) is 15.8. The maximum absolute atomic E-state index is 11.4. The highest BCUT2D eigenvalue weighted by atomic mass is 16.5. The highest BCUT2D eigenvalue weighted by Crippen LogP contribution is 2.42. The molecule has 0 bridgehead atoms. The van der Waals surface area contributed by atoms with Gasteiger partial charge in [0.2, 0.25) is 0 Å². The molecule has 3 aromatic rings. The highest BCUT2D eigenvalue weighted by Gasteiger charge is 2.35.